The van der Waals surface area contributed by atoms with E-state index in [-0.39, 0.29) is 5.82 Å². The molecule has 1 heterocycles. The number of halogens is 1. The predicted molar refractivity (Wildman–Crippen MR) is 105 cm³/mol. The highest BCUT2D eigenvalue weighted by atomic mass is 19.1. The van der Waals surface area contributed by atoms with Crippen molar-refractivity contribution in [3.05, 3.63) is 46.8 Å². The van der Waals surface area contributed by atoms with Gasteiger partial charge in [0.2, 0.25) is 0 Å². The molecular formula is C20H29FN6. The Morgan fingerprint density at radius 1 is 1.26 bits per heavy atom. The van der Waals surface area contributed by atoms with Gasteiger partial charge in [-0.25, -0.2) is 9.38 Å². The minimum atomic E-state index is -0.187. The topological polar surface area (TPSA) is 67.1 Å². The van der Waals surface area contributed by atoms with E-state index in [0.29, 0.717) is 12.6 Å². The number of hydrogen-bond donors (Lipinski definition) is 2. The largest absolute Gasteiger partial charge is 0.356 e. The molecule has 1 saturated carbocycles. The predicted octanol–water partition coefficient (Wildman–Crippen LogP) is 2.79. The number of nitrogens with one attached hydrogen (secondary N) is 2. The molecule has 1 aliphatic carbocycles. The smallest absolute Gasteiger partial charge is 0.191 e. The minimum Gasteiger partial charge on any atom is -0.356 e. The molecule has 146 valence electrons. The van der Waals surface area contributed by atoms with E-state index < -0.39 is 0 Å². The molecule has 2 aromatic rings. The van der Waals surface area contributed by atoms with Crippen LogP contribution in [0.15, 0.2) is 23.2 Å². The van der Waals surface area contributed by atoms with Crippen LogP contribution in [0.4, 0.5) is 4.39 Å². The number of rotatable bonds is 6. The second-order valence-corrected chi connectivity index (χ2v) is 7.26. The van der Waals surface area contributed by atoms with Crippen LogP contribution in [0.1, 0.15) is 48.5 Å². The number of aliphatic imine (C=N–C) groups is 1. The Kier molecular flexibility index (Phi) is 6.42. The summed E-state index contributed by atoms with van der Waals surface area (Å²) in [5, 5.41) is 15.2. The number of nitrogens with zero attached hydrogens (tertiary/aromatic N) is 4. The van der Waals surface area contributed by atoms with Gasteiger partial charge in [0.05, 0.1) is 0 Å². The van der Waals surface area contributed by atoms with Gasteiger partial charge in [-0.1, -0.05) is 18.9 Å². The summed E-state index contributed by atoms with van der Waals surface area (Å²) in [6.07, 6.45) is 5.71. The Bertz CT molecular complexity index is 792. The third-order valence-corrected chi connectivity index (χ3v) is 5.25. The number of benzene rings is 1. The van der Waals surface area contributed by atoms with Gasteiger partial charge in [0, 0.05) is 19.6 Å². The van der Waals surface area contributed by atoms with E-state index in [1.165, 1.54) is 31.7 Å². The molecule has 7 heteroatoms. The van der Waals surface area contributed by atoms with Crippen LogP contribution in [0.2, 0.25) is 0 Å². The van der Waals surface area contributed by atoms with E-state index in [0.717, 1.165) is 41.7 Å². The van der Waals surface area contributed by atoms with Gasteiger partial charge in [-0.05, 0) is 56.4 Å². The Hall–Kier alpha value is -2.44. The number of aryl methyl sites for hydroxylation is 2. The van der Waals surface area contributed by atoms with Gasteiger partial charge < -0.3 is 15.2 Å². The SMILES string of the molecule is Cc1cc(F)ccc1CCNC(=NCc1nnc(C)n1C)NC1CCCC1. The molecule has 1 fully saturated rings. The van der Waals surface area contributed by atoms with Crippen LogP contribution >= 0.6 is 0 Å². The summed E-state index contributed by atoms with van der Waals surface area (Å²) in [5.74, 6) is 2.34. The molecule has 2 N–H and O–H groups in total. The van der Waals surface area contributed by atoms with Crippen molar-refractivity contribution in [2.45, 2.75) is 58.5 Å². The highest BCUT2D eigenvalue weighted by Crippen LogP contribution is 2.17. The maximum Gasteiger partial charge on any atom is 0.191 e. The van der Waals surface area contributed by atoms with Crippen molar-refractivity contribution in [1.82, 2.24) is 25.4 Å². The summed E-state index contributed by atoms with van der Waals surface area (Å²) >= 11 is 0. The first-order valence-corrected chi connectivity index (χ1v) is 9.67. The molecule has 0 saturated heterocycles. The Labute approximate surface area is 160 Å². The zero-order chi connectivity index (χ0) is 19.2. The lowest BCUT2D eigenvalue weighted by atomic mass is 10.1. The van der Waals surface area contributed by atoms with Crippen LogP contribution < -0.4 is 10.6 Å². The molecule has 0 radical (unpaired) electrons. The summed E-state index contributed by atoms with van der Waals surface area (Å²) in [4.78, 5) is 4.71. The molecule has 0 amide bonds. The van der Waals surface area contributed by atoms with Crippen molar-refractivity contribution in [3.63, 3.8) is 0 Å². The maximum absolute atomic E-state index is 13.3. The van der Waals surface area contributed by atoms with Crippen molar-refractivity contribution < 1.29 is 4.39 Å². The number of aromatic nitrogens is 3. The molecule has 0 spiro atoms. The van der Waals surface area contributed by atoms with Crippen LogP contribution in [0.5, 0.6) is 0 Å². The van der Waals surface area contributed by atoms with Crippen molar-refractivity contribution in [3.8, 4) is 0 Å². The van der Waals surface area contributed by atoms with Gasteiger partial charge in [-0.2, -0.15) is 0 Å². The molecule has 0 bridgehead atoms. The fourth-order valence-corrected chi connectivity index (χ4v) is 3.41. The van der Waals surface area contributed by atoms with E-state index in [9.17, 15) is 4.39 Å². The lowest BCUT2D eigenvalue weighted by Crippen LogP contribution is -2.43. The summed E-state index contributed by atoms with van der Waals surface area (Å²) in [6.45, 7) is 5.10. The molecule has 3 rings (SSSR count). The molecule has 0 aliphatic heterocycles. The second-order valence-electron chi connectivity index (χ2n) is 7.26. The first kappa shape index (κ1) is 19.3. The van der Waals surface area contributed by atoms with Gasteiger partial charge in [0.25, 0.3) is 0 Å². The van der Waals surface area contributed by atoms with E-state index in [1.807, 2.05) is 31.5 Å². The van der Waals surface area contributed by atoms with Gasteiger partial charge in [0.15, 0.2) is 11.8 Å². The zero-order valence-corrected chi connectivity index (χ0v) is 16.4. The van der Waals surface area contributed by atoms with Gasteiger partial charge in [-0.15, -0.1) is 10.2 Å². The standard InChI is InChI=1S/C20H29FN6/c1-14-12-17(21)9-8-16(14)10-11-22-20(24-18-6-4-5-7-18)23-13-19-26-25-15(2)27(19)3/h8-9,12,18H,4-7,10-11,13H2,1-3H3,(H2,22,23,24). The van der Waals surface area contributed by atoms with Crippen LogP contribution in [-0.2, 0) is 20.0 Å². The Morgan fingerprint density at radius 2 is 2.04 bits per heavy atom. The highest BCUT2D eigenvalue weighted by Gasteiger charge is 2.16. The third-order valence-electron chi connectivity index (χ3n) is 5.25. The van der Waals surface area contributed by atoms with Crippen LogP contribution in [0, 0.1) is 19.7 Å². The van der Waals surface area contributed by atoms with Crippen molar-refractivity contribution in [1.29, 1.82) is 0 Å². The first-order chi connectivity index (χ1) is 13.0. The minimum absolute atomic E-state index is 0.187. The number of guanidine groups is 1. The molecule has 1 aromatic carbocycles. The monoisotopic (exact) mass is 372 g/mol. The molecule has 1 aromatic heterocycles. The van der Waals surface area contributed by atoms with E-state index >= 15 is 0 Å². The average Bonchev–Trinajstić information content (AvgIpc) is 3.26. The van der Waals surface area contributed by atoms with E-state index in [4.69, 9.17) is 4.99 Å². The summed E-state index contributed by atoms with van der Waals surface area (Å²) < 4.78 is 15.2. The fraction of sp³-hybridized carbons (Fsp3) is 0.550. The molecule has 0 unspecified atom stereocenters. The van der Waals surface area contributed by atoms with Crippen LogP contribution in [0.25, 0.3) is 0 Å². The zero-order valence-electron chi connectivity index (χ0n) is 16.4. The van der Waals surface area contributed by atoms with E-state index in [2.05, 4.69) is 20.8 Å². The normalized spacial score (nSPS) is 15.3. The maximum atomic E-state index is 13.3. The Balaban J connectivity index is 1.62. The molecular weight excluding hydrogens is 343 g/mol. The second kappa shape index (κ2) is 8.97. The van der Waals surface area contributed by atoms with Gasteiger partial charge in [0.1, 0.15) is 18.2 Å². The van der Waals surface area contributed by atoms with Gasteiger partial charge in [-0.3, -0.25) is 0 Å². The van der Waals surface area contributed by atoms with E-state index in [1.54, 1.807) is 6.07 Å². The fourth-order valence-electron chi connectivity index (χ4n) is 3.41. The lowest BCUT2D eigenvalue weighted by Gasteiger charge is -2.17. The summed E-state index contributed by atoms with van der Waals surface area (Å²) in [6, 6.07) is 5.43. The van der Waals surface area contributed by atoms with Crippen molar-refractivity contribution in [2.24, 2.45) is 12.0 Å². The highest BCUT2D eigenvalue weighted by molar-refractivity contribution is 5.80. The van der Waals surface area contributed by atoms with Crippen LogP contribution in [0.3, 0.4) is 0 Å². The number of hydrogen-bond acceptors (Lipinski definition) is 3. The average molecular weight is 372 g/mol. The molecule has 6 nitrogen and oxygen atoms in total. The summed E-state index contributed by atoms with van der Waals surface area (Å²) in [7, 11) is 1.95. The Morgan fingerprint density at radius 3 is 2.70 bits per heavy atom. The molecule has 1 aliphatic rings. The molecule has 0 atom stereocenters. The third kappa shape index (κ3) is 5.28. The quantitative estimate of drug-likeness (QED) is 0.604. The summed E-state index contributed by atoms with van der Waals surface area (Å²) in [5.41, 5.74) is 2.13. The first-order valence-electron chi connectivity index (χ1n) is 9.67. The van der Waals surface area contributed by atoms with Crippen molar-refractivity contribution >= 4 is 5.96 Å². The van der Waals surface area contributed by atoms with Crippen LogP contribution in [-0.4, -0.2) is 33.3 Å². The molecule has 27 heavy (non-hydrogen) atoms. The van der Waals surface area contributed by atoms with Gasteiger partial charge >= 0.3 is 0 Å². The lowest BCUT2D eigenvalue weighted by molar-refractivity contribution is 0.609. The van der Waals surface area contributed by atoms with Crippen molar-refractivity contribution in [2.75, 3.05) is 6.54 Å².